The zero-order valence-corrected chi connectivity index (χ0v) is 18.5. The highest BCUT2D eigenvalue weighted by molar-refractivity contribution is 7.92. The maximum atomic E-state index is 13.0. The Morgan fingerprint density at radius 1 is 0.818 bits per heavy atom. The average molecular weight is 459 g/mol. The number of hydrogen-bond donors (Lipinski definition) is 2. The van der Waals surface area contributed by atoms with Crippen molar-refractivity contribution in [2.24, 2.45) is 0 Å². The Morgan fingerprint density at radius 2 is 1.48 bits per heavy atom. The molecule has 0 heterocycles. The molecular weight excluding hydrogens is 436 g/mol. The number of carbonyl (C=O) groups is 2. The second-order valence-electron chi connectivity index (χ2n) is 7.57. The van der Waals surface area contributed by atoms with E-state index < -0.39 is 22.0 Å². The van der Waals surface area contributed by atoms with Crippen molar-refractivity contribution in [1.82, 2.24) is 5.32 Å². The topological polar surface area (TPSA) is 92.3 Å². The summed E-state index contributed by atoms with van der Waals surface area (Å²) < 4.78 is 28.6. The van der Waals surface area contributed by atoms with Crippen LogP contribution in [-0.2, 0) is 21.2 Å². The molecule has 1 amide bonds. The van der Waals surface area contributed by atoms with Gasteiger partial charge in [-0.2, -0.15) is 0 Å². The highest BCUT2D eigenvalue weighted by Crippen LogP contribution is 2.23. The summed E-state index contributed by atoms with van der Waals surface area (Å²) in [4.78, 5) is 24.6. The summed E-state index contributed by atoms with van der Waals surface area (Å²) in [6.45, 7) is 0. The van der Waals surface area contributed by atoms with Crippen LogP contribution in [0.3, 0.4) is 0 Å². The number of benzene rings is 4. The van der Waals surface area contributed by atoms with E-state index in [4.69, 9.17) is 0 Å². The zero-order valence-electron chi connectivity index (χ0n) is 17.6. The molecule has 1 atom stereocenters. The zero-order chi connectivity index (χ0) is 23.3. The minimum absolute atomic E-state index is 0.0891. The molecule has 6 nitrogen and oxygen atoms in total. The van der Waals surface area contributed by atoms with Gasteiger partial charge >= 0.3 is 0 Å². The van der Waals surface area contributed by atoms with E-state index in [0.717, 1.165) is 16.3 Å². The summed E-state index contributed by atoms with van der Waals surface area (Å²) in [7, 11) is -3.94. The van der Waals surface area contributed by atoms with Crippen molar-refractivity contribution in [3.63, 3.8) is 0 Å². The Balaban J connectivity index is 1.56. The van der Waals surface area contributed by atoms with Gasteiger partial charge in [0.25, 0.3) is 15.9 Å². The number of rotatable bonds is 8. The van der Waals surface area contributed by atoms with Crippen LogP contribution in [0.5, 0.6) is 0 Å². The van der Waals surface area contributed by atoms with E-state index in [2.05, 4.69) is 10.0 Å². The van der Waals surface area contributed by atoms with Gasteiger partial charge in [0.2, 0.25) is 0 Å². The highest BCUT2D eigenvalue weighted by atomic mass is 32.2. The Hall–Kier alpha value is -3.97. The number of amides is 1. The molecule has 0 saturated carbocycles. The first-order chi connectivity index (χ1) is 16.0. The molecule has 4 aromatic rings. The third kappa shape index (κ3) is 5.27. The number of fused-ring (bicyclic) bond motifs is 1. The van der Waals surface area contributed by atoms with Crippen molar-refractivity contribution >= 4 is 38.7 Å². The number of carbonyl (C=O) groups excluding carboxylic acids is 2. The minimum atomic E-state index is -3.94. The van der Waals surface area contributed by atoms with Gasteiger partial charge in [0.1, 0.15) is 6.29 Å². The number of anilines is 1. The predicted octanol–water partition coefficient (Wildman–Crippen LogP) is 4.18. The molecule has 0 saturated heterocycles. The van der Waals surface area contributed by atoms with Crippen LogP contribution < -0.4 is 10.0 Å². The van der Waals surface area contributed by atoms with Crippen molar-refractivity contribution < 1.29 is 18.0 Å². The molecular formula is C26H22N2O4S. The van der Waals surface area contributed by atoms with Crippen LogP contribution >= 0.6 is 0 Å². The third-order valence-corrected chi connectivity index (χ3v) is 6.59. The van der Waals surface area contributed by atoms with E-state index in [1.165, 1.54) is 18.2 Å². The van der Waals surface area contributed by atoms with Gasteiger partial charge in [0.15, 0.2) is 0 Å². The highest BCUT2D eigenvalue weighted by Gasteiger charge is 2.21. The predicted molar refractivity (Wildman–Crippen MR) is 129 cm³/mol. The number of aldehydes is 1. The standard InChI is InChI=1S/C26H22N2O4S/c29-18-22(16-19-8-2-1-3-9-19)27-26(30)24-12-6-7-13-25(24)28-33(31,32)23-15-14-20-10-4-5-11-21(20)17-23/h1-15,17-18,22,28H,16H2,(H,27,30)/t22-/m0/s1. The average Bonchev–Trinajstić information content (AvgIpc) is 2.84. The lowest BCUT2D eigenvalue weighted by atomic mass is 10.1. The summed E-state index contributed by atoms with van der Waals surface area (Å²) in [5, 5.41) is 4.40. The van der Waals surface area contributed by atoms with E-state index in [1.54, 1.807) is 24.3 Å². The molecule has 0 aliphatic carbocycles. The monoisotopic (exact) mass is 458 g/mol. The number of hydrogen-bond acceptors (Lipinski definition) is 4. The summed E-state index contributed by atoms with van der Waals surface area (Å²) in [5.74, 6) is -0.542. The molecule has 0 aliphatic heterocycles. The molecule has 166 valence electrons. The van der Waals surface area contributed by atoms with Crippen molar-refractivity contribution in [3.05, 3.63) is 108 Å². The van der Waals surface area contributed by atoms with Crippen LogP contribution in [0.2, 0.25) is 0 Å². The first-order valence-corrected chi connectivity index (χ1v) is 11.9. The van der Waals surface area contributed by atoms with Crippen LogP contribution in [0.1, 0.15) is 15.9 Å². The van der Waals surface area contributed by atoms with Crippen molar-refractivity contribution in [1.29, 1.82) is 0 Å². The lowest BCUT2D eigenvalue weighted by molar-refractivity contribution is -0.109. The molecule has 4 aromatic carbocycles. The van der Waals surface area contributed by atoms with Crippen LogP contribution in [0.15, 0.2) is 102 Å². The summed E-state index contributed by atoms with van der Waals surface area (Å²) >= 11 is 0. The lowest BCUT2D eigenvalue weighted by Gasteiger charge is -2.16. The number of nitrogens with one attached hydrogen (secondary N) is 2. The quantitative estimate of drug-likeness (QED) is 0.388. The van der Waals surface area contributed by atoms with Gasteiger partial charge < -0.3 is 10.1 Å². The maximum absolute atomic E-state index is 13.0. The first-order valence-electron chi connectivity index (χ1n) is 10.4. The second kappa shape index (κ2) is 9.67. The molecule has 0 aromatic heterocycles. The van der Waals surface area contributed by atoms with Crippen LogP contribution in [0.25, 0.3) is 10.8 Å². The maximum Gasteiger partial charge on any atom is 0.261 e. The Morgan fingerprint density at radius 3 is 2.24 bits per heavy atom. The van der Waals surface area contributed by atoms with Crippen LogP contribution in [0, 0.1) is 0 Å². The summed E-state index contributed by atoms with van der Waals surface area (Å²) in [6.07, 6.45) is 1.01. The van der Waals surface area contributed by atoms with Gasteiger partial charge in [-0.3, -0.25) is 9.52 Å². The molecule has 33 heavy (non-hydrogen) atoms. The van der Waals surface area contributed by atoms with Gasteiger partial charge in [-0.05, 0) is 47.0 Å². The largest absolute Gasteiger partial charge is 0.342 e. The smallest absolute Gasteiger partial charge is 0.261 e. The van der Waals surface area contributed by atoms with E-state index in [9.17, 15) is 18.0 Å². The first kappa shape index (κ1) is 22.2. The fourth-order valence-corrected chi connectivity index (χ4v) is 4.67. The molecule has 0 fully saturated rings. The fourth-order valence-electron chi connectivity index (χ4n) is 3.56. The molecule has 0 unspecified atom stereocenters. The van der Waals surface area contributed by atoms with E-state index in [-0.39, 0.29) is 16.1 Å². The fraction of sp³-hybridized carbons (Fsp3) is 0.0769. The van der Waals surface area contributed by atoms with Crippen molar-refractivity contribution in [2.75, 3.05) is 4.72 Å². The Kier molecular flexibility index (Phi) is 6.51. The number of sulfonamides is 1. The molecule has 0 spiro atoms. The van der Waals surface area contributed by atoms with Gasteiger partial charge in [0.05, 0.1) is 22.2 Å². The van der Waals surface area contributed by atoms with Gasteiger partial charge in [-0.15, -0.1) is 0 Å². The molecule has 0 bridgehead atoms. The minimum Gasteiger partial charge on any atom is -0.342 e. The molecule has 2 N–H and O–H groups in total. The van der Waals surface area contributed by atoms with Crippen molar-refractivity contribution in [2.45, 2.75) is 17.4 Å². The lowest BCUT2D eigenvalue weighted by Crippen LogP contribution is -2.38. The molecule has 7 heteroatoms. The molecule has 4 rings (SSSR count). The van der Waals surface area contributed by atoms with Crippen molar-refractivity contribution in [3.8, 4) is 0 Å². The second-order valence-corrected chi connectivity index (χ2v) is 9.25. The third-order valence-electron chi connectivity index (χ3n) is 5.23. The summed E-state index contributed by atoms with van der Waals surface area (Å²) in [5.41, 5.74) is 1.16. The van der Waals surface area contributed by atoms with Gasteiger partial charge in [-0.1, -0.05) is 72.8 Å². The van der Waals surface area contributed by atoms with Crippen LogP contribution in [-0.4, -0.2) is 26.7 Å². The molecule has 0 aliphatic rings. The Bertz CT molecular complexity index is 1400. The SMILES string of the molecule is O=C[C@H](Cc1ccccc1)NC(=O)c1ccccc1NS(=O)(=O)c1ccc2ccccc2c1. The van der Waals surface area contributed by atoms with Gasteiger partial charge in [0, 0.05) is 0 Å². The number of para-hydroxylation sites is 1. The van der Waals surface area contributed by atoms with Crippen LogP contribution in [0.4, 0.5) is 5.69 Å². The Labute approximate surface area is 192 Å². The summed E-state index contributed by atoms with van der Waals surface area (Å²) in [6, 6.07) is 27.2. The van der Waals surface area contributed by atoms with E-state index in [0.29, 0.717) is 12.7 Å². The normalized spacial score (nSPS) is 12.1. The van der Waals surface area contributed by atoms with E-state index in [1.807, 2.05) is 54.6 Å². The molecule has 0 radical (unpaired) electrons. The van der Waals surface area contributed by atoms with E-state index >= 15 is 0 Å². The van der Waals surface area contributed by atoms with Gasteiger partial charge in [-0.25, -0.2) is 8.42 Å².